The molecule has 11 rings (SSSR count). The van der Waals surface area contributed by atoms with Gasteiger partial charge in [-0.15, -0.1) is 68.0 Å². The van der Waals surface area contributed by atoms with Gasteiger partial charge in [-0.25, -0.2) is 34.9 Å². The lowest BCUT2D eigenvalue weighted by molar-refractivity contribution is -0.139. The maximum atomic E-state index is 15.2. The van der Waals surface area contributed by atoms with Crippen LogP contribution in [-0.2, 0) is 25.6 Å². The summed E-state index contributed by atoms with van der Waals surface area (Å²) in [6.45, 7) is 5.04. The van der Waals surface area contributed by atoms with Crippen molar-refractivity contribution in [3.8, 4) is 49.1 Å². The Kier molecular flexibility index (Phi) is 19.1. The number of pyridine rings is 1. The van der Waals surface area contributed by atoms with Crippen molar-refractivity contribution in [3.63, 3.8) is 0 Å². The van der Waals surface area contributed by atoms with Gasteiger partial charge in [0, 0.05) is 56.2 Å². The molecule has 0 unspecified atom stereocenters. The standard InChI is InChI=1S/C60H56N14O13S6/c1-25-39(76)19-74-45(25)58-70-38(24-92-58)55-66-34(20-89-55)43-30(14-15-31(63-43)54-68-37(22-90-54)50(83)73-47(60(3,4)87)52(85)62-18-41(78)79)53-67-35(21-88-53)48(81)64-32(17-40(61)77)56-72-42(26(2)93-56)51(84)71-44(46(80)28-8-6-5-7-9-28)57-69-36(23-91-57)49(82)65-33(59(74)86)16-27-10-12-29(75)13-11-27/h5-15,20-25,32-33,39,44-47,75-76,80,87H,16-19H2,1-4H3,(H2,61,77)(H,62,85)(H,64,81)(H,65,82)(H,71,84)(H,73,83)(H,78,79)/t25-,32-,33-,39-,44-,45-,46+,47+/m0/s1. The van der Waals surface area contributed by atoms with E-state index >= 15 is 4.79 Å². The zero-order valence-electron chi connectivity index (χ0n) is 49.3. The topological polar surface area (TPSA) is 417 Å². The maximum absolute atomic E-state index is 15.2. The molecule has 480 valence electrons. The number of nitrogens with two attached hydrogens (primary N) is 1. The molecule has 12 N–H and O–H groups in total. The molecule has 2 aliphatic heterocycles. The smallest absolute Gasteiger partial charge is 0.322 e. The predicted molar refractivity (Wildman–Crippen MR) is 344 cm³/mol. The van der Waals surface area contributed by atoms with Crippen molar-refractivity contribution in [2.45, 2.75) is 88.6 Å². The minimum Gasteiger partial charge on any atom is -0.508 e. The number of aliphatic hydroxyl groups is 3. The number of carboxylic acid groups (broad SMARTS) is 1. The Morgan fingerprint density at radius 1 is 0.710 bits per heavy atom. The number of aliphatic carboxylic acids is 1. The molecule has 7 aromatic heterocycles. The average Bonchev–Trinajstić information content (AvgIpc) is 1.68. The number of fused-ring (bicyclic) bond motifs is 16. The van der Waals surface area contributed by atoms with E-state index in [4.69, 9.17) is 30.8 Å². The third-order valence-corrected chi connectivity index (χ3v) is 20.6. The van der Waals surface area contributed by atoms with E-state index in [-0.39, 0.29) is 72.9 Å². The first-order valence-corrected chi connectivity index (χ1v) is 33.6. The number of carboxylic acids is 1. The second kappa shape index (κ2) is 27.2. The van der Waals surface area contributed by atoms with Crippen molar-refractivity contribution in [3.05, 3.63) is 147 Å². The number of hydrogen-bond donors (Lipinski definition) is 11. The first-order chi connectivity index (χ1) is 44.4. The number of nitrogens with one attached hydrogen (secondary N) is 5. The number of aromatic hydroxyl groups is 1. The molecule has 93 heavy (non-hydrogen) atoms. The number of rotatable bonds is 13. The lowest BCUT2D eigenvalue weighted by atomic mass is 9.98. The molecule has 9 aromatic rings. The summed E-state index contributed by atoms with van der Waals surface area (Å²) >= 11 is 6.52. The molecule has 2 aromatic carbocycles. The van der Waals surface area contributed by atoms with Crippen molar-refractivity contribution in [2.75, 3.05) is 13.1 Å². The fourth-order valence-electron chi connectivity index (χ4n) is 10.3. The molecule has 7 amide bonds. The molecule has 8 atom stereocenters. The van der Waals surface area contributed by atoms with Crippen molar-refractivity contribution < 1.29 is 63.9 Å². The van der Waals surface area contributed by atoms with Crippen LogP contribution in [0, 0.1) is 12.8 Å². The van der Waals surface area contributed by atoms with Crippen LogP contribution in [0.25, 0.3) is 43.4 Å². The molecule has 10 bridgehead atoms. The van der Waals surface area contributed by atoms with Gasteiger partial charge in [0.15, 0.2) is 0 Å². The molecule has 0 aliphatic carbocycles. The Balaban J connectivity index is 0.994. The van der Waals surface area contributed by atoms with Gasteiger partial charge >= 0.3 is 5.97 Å². The molecule has 0 saturated carbocycles. The van der Waals surface area contributed by atoms with Crippen molar-refractivity contribution in [2.24, 2.45) is 11.7 Å². The van der Waals surface area contributed by atoms with Gasteiger partial charge in [0.2, 0.25) is 17.7 Å². The highest BCUT2D eigenvalue weighted by Crippen LogP contribution is 2.43. The molecule has 0 spiro atoms. The fourth-order valence-corrected chi connectivity index (χ4v) is 15.6. The first kappa shape index (κ1) is 65.3. The third kappa shape index (κ3) is 14.4. The van der Waals surface area contributed by atoms with Crippen LogP contribution >= 0.6 is 68.0 Å². The number of aryl methyl sites for hydroxylation is 1. The van der Waals surface area contributed by atoms with Crippen LogP contribution in [0.4, 0.5) is 0 Å². The highest BCUT2D eigenvalue weighted by molar-refractivity contribution is 7.15. The number of amides is 7. The van der Waals surface area contributed by atoms with E-state index in [2.05, 4.69) is 41.5 Å². The summed E-state index contributed by atoms with van der Waals surface area (Å²) in [5.41, 5.74) is 5.95. The number of aromatic nitrogens is 7. The quantitative estimate of drug-likeness (QED) is 0.0692. The van der Waals surface area contributed by atoms with E-state index in [1.54, 1.807) is 79.2 Å². The zero-order valence-corrected chi connectivity index (χ0v) is 54.2. The average molecular weight is 1370 g/mol. The number of hydrogen-bond acceptors (Lipinski definition) is 25. The van der Waals surface area contributed by atoms with Crippen molar-refractivity contribution in [1.82, 2.24) is 66.4 Å². The molecular formula is C60H56N14O13S6. The summed E-state index contributed by atoms with van der Waals surface area (Å²) in [6.07, 6.45) is -2.96. The number of primary amides is 1. The molecule has 9 heterocycles. The van der Waals surface area contributed by atoms with Crippen LogP contribution in [0.5, 0.6) is 5.75 Å². The predicted octanol–water partition coefficient (Wildman–Crippen LogP) is 5.36. The second-order valence-corrected chi connectivity index (χ2v) is 27.8. The Hall–Kier alpha value is -9.19. The van der Waals surface area contributed by atoms with Gasteiger partial charge in [-0.05, 0) is 56.2 Å². The Morgan fingerprint density at radius 2 is 1.34 bits per heavy atom. The molecule has 1 fully saturated rings. The van der Waals surface area contributed by atoms with Crippen LogP contribution in [0.2, 0.25) is 0 Å². The van der Waals surface area contributed by atoms with Crippen LogP contribution in [0.3, 0.4) is 0 Å². The Labute approximate surface area is 551 Å². The highest BCUT2D eigenvalue weighted by Gasteiger charge is 2.46. The molecule has 27 nitrogen and oxygen atoms in total. The summed E-state index contributed by atoms with van der Waals surface area (Å²) < 4.78 is 0. The largest absolute Gasteiger partial charge is 0.508 e. The van der Waals surface area contributed by atoms with Gasteiger partial charge in [-0.1, -0.05) is 49.4 Å². The van der Waals surface area contributed by atoms with Crippen LogP contribution in [0.1, 0.15) is 124 Å². The Bertz CT molecular complexity index is 4350. The number of nitrogens with zero attached hydrogens (tertiary/aromatic N) is 8. The van der Waals surface area contributed by atoms with Gasteiger partial charge < -0.3 is 62.8 Å². The number of thiazole rings is 6. The van der Waals surface area contributed by atoms with Gasteiger partial charge in [0.25, 0.3) is 23.6 Å². The monoisotopic (exact) mass is 1370 g/mol. The number of benzene rings is 2. The number of phenols is 1. The first-order valence-electron chi connectivity index (χ1n) is 28.4. The normalized spacial score (nSPS) is 19.3. The summed E-state index contributed by atoms with van der Waals surface area (Å²) in [5.74, 6) is -7.40. The van der Waals surface area contributed by atoms with E-state index in [1.165, 1.54) is 69.7 Å². The lowest BCUT2D eigenvalue weighted by Crippen LogP contribution is -2.58. The van der Waals surface area contributed by atoms with Gasteiger partial charge in [-0.2, -0.15) is 0 Å². The minimum absolute atomic E-state index is 0.0252. The second-order valence-electron chi connectivity index (χ2n) is 22.2. The highest BCUT2D eigenvalue weighted by atomic mass is 32.1. The van der Waals surface area contributed by atoms with E-state index in [0.717, 1.165) is 45.3 Å². The maximum Gasteiger partial charge on any atom is 0.322 e. The van der Waals surface area contributed by atoms with E-state index < -0.39 is 114 Å². The fraction of sp³-hybridized carbons (Fsp3) is 0.283. The van der Waals surface area contributed by atoms with Crippen molar-refractivity contribution in [1.29, 1.82) is 0 Å². The van der Waals surface area contributed by atoms with Crippen molar-refractivity contribution >= 4 is 115 Å². The van der Waals surface area contributed by atoms with Crippen LogP contribution in [0.15, 0.2) is 93.6 Å². The number of carbonyl (C=O) groups is 8. The van der Waals surface area contributed by atoms with Crippen LogP contribution < -0.4 is 32.3 Å². The van der Waals surface area contributed by atoms with E-state index in [1.807, 2.05) is 0 Å². The summed E-state index contributed by atoms with van der Waals surface area (Å²) in [5, 5.41) is 76.2. The lowest BCUT2D eigenvalue weighted by Gasteiger charge is -2.29. The summed E-state index contributed by atoms with van der Waals surface area (Å²) in [6, 6.07) is 11.7. The molecule has 0 radical (unpaired) electrons. The SMILES string of the molecule is Cc1sc2nc1C(=O)N[C@@H]([C@H](O)c1ccccc1)c1nc(cs1)C(=O)N[C@@H](Cc1ccc(O)cc1)C(=O)N1C[C@H](O)[C@H](C)[C@H]1c1nc(cs1)-c1nc(cs1)-c1nc(-c3nc(C(=O)N[C@H](C(=O)NCC(=O)O)C(C)(C)O)cs3)ccc1-c1nc(cs1)C(=O)N[C@H]2CC(N)=O. The van der Waals surface area contributed by atoms with E-state index in [0.29, 0.717) is 43.0 Å². The number of carbonyl (C=O) groups excluding carboxylic acids is 7. The van der Waals surface area contributed by atoms with Gasteiger partial charge in [0.05, 0.1) is 35.9 Å². The molecule has 33 heteroatoms. The summed E-state index contributed by atoms with van der Waals surface area (Å²) in [7, 11) is 0. The minimum atomic E-state index is -1.84. The molecule has 2 aliphatic rings. The van der Waals surface area contributed by atoms with E-state index in [9.17, 15) is 54.0 Å². The molecule has 1 saturated heterocycles. The zero-order chi connectivity index (χ0) is 66.2. The molecular weight excluding hydrogens is 1320 g/mol. The number of aliphatic hydroxyl groups excluding tert-OH is 2. The summed E-state index contributed by atoms with van der Waals surface area (Å²) in [4.78, 5) is 144. The van der Waals surface area contributed by atoms with Gasteiger partial charge in [0.1, 0.15) is 106 Å². The van der Waals surface area contributed by atoms with Gasteiger partial charge in [-0.3, -0.25) is 38.4 Å². The Morgan fingerprint density at radius 3 is 2.06 bits per heavy atom. The van der Waals surface area contributed by atoms with Crippen LogP contribution in [-0.4, -0.2) is 150 Å². The third-order valence-electron chi connectivity index (χ3n) is 15.1. The number of phenolic OH excluding ortho intramolecular Hbond substituents is 1.